The van der Waals surface area contributed by atoms with Gasteiger partial charge in [-0.15, -0.1) is 0 Å². The molecule has 4 N–H and O–H groups in total. The zero-order valence-electron chi connectivity index (χ0n) is 6.74. The van der Waals surface area contributed by atoms with E-state index in [9.17, 15) is 0 Å². The van der Waals surface area contributed by atoms with E-state index in [-0.39, 0.29) is 5.96 Å². The van der Waals surface area contributed by atoms with Gasteiger partial charge in [-0.2, -0.15) is 0 Å². The highest BCUT2D eigenvalue weighted by atomic mass is 16.5. The molecule has 0 unspecified atom stereocenters. The van der Waals surface area contributed by atoms with Gasteiger partial charge in [-0.1, -0.05) is 0 Å². The summed E-state index contributed by atoms with van der Waals surface area (Å²) in [4.78, 5) is 3.77. The van der Waals surface area contributed by atoms with Crippen molar-refractivity contribution in [2.45, 2.75) is 13.5 Å². The maximum absolute atomic E-state index is 8.28. The predicted octanol–water partition coefficient (Wildman–Crippen LogP) is 0.382. The topological polar surface area (TPSA) is 83.8 Å². The molecule has 0 aliphatic rings. The number of hydrogen-bond donors (Lipinski definition) is 3. The standard InChI is InChI=1S/C7H11N3O2/c1-5-2-3-6(12-5)4-9-7(8)10-11/h2-3,11H,4H2,1H3,(H3,8,9,10). The molecule has 0 amide bonds. The SMILES string of the molecule is Cc1ccc(CN=C(N)NO)o1. The maximum Gasteiger partial charge on any atom is 0.213 e. The van der Waals surface area contributed by atoms with E-state index in [1.54, 1.807) is 5.48 Å². The summed E-state index contributed by atoms with van der Waals surface area (Å²) in [6.45, 7) is 2.17. The Morgan fingerprint density at radius 2 is 2.50 bits per heavy atom. The maximum atomic E-state index is 8.28. The number of guanidine groups is 1. The van der Waals surface area contributed by atoms with E-state index in [1.165, 1.54) is 0 Å². The highest BCUT2D eigenvalue weighted by molar-refractivity contribution is 5.76. The number of furan rings is 1. The van der Waals surface area contributed by atoms with Gasteiger partial charge in [0.25, 0.3) is 0 Å². The molecule has 0 radical (unpaired) electrons. The number of aryl methyl sites for hydroxylation is 1. The van der Waals surface area contributed by atoms with Gasteiger partial charge in [0.1, 0.15) is 18.1 Å². The molecule has 5 heteroatoms. The van der Waals surface area contributed by atoms with E-state index in [2.05, 4.69) is 4.99 Å². The van der Waals surface area contributed by atoms with Crippen LogP contribution in [-0.4, -0.2) is 11.2 Å². The summed E-state index contributed by atoms with van der Waals surface area (Å²) in [5.41, 5.74) is 6.90. The zero-order chi connectivity index (χ0) is 8.97. The van der Waals surface area contributed by atoms with Gasteiger partial charge in [0, 0.05) is 0 Å². The first-order chi connectivity index (χ1) is 5.72. The number of nitrogens with two attached hydrogens (primary N) is 1. The molecular weight excluding hydrogens is 158 g/mol. The number of rotatable bonds is 2. The molecule has 66 valence electrons. The largest absolute Gasteiger partial charge is 0.464 e. The average molecular weight is 169 g/mol. The van der Waals surface area contributed by atoms with Crippen molar-refractivity contribution in [1.82, 2.24) is 5.48 Å². The number of nitrogens with zero attached hydrogens (tertiary/aromatic N) is 1. The van der Waals surface area contributed by atoms with Crippen LogP contribution in [0.15, 0.2) is 21.5 Å². The minimum atomic E-state index is -0.0240. The van der Waals surface area contributed by atoms with Crippen molar-refractivity contribution >= 4 is 5.96 Å². The molecule has 0 aromatic carbocycles. The lowest BCUT2D eigenvalue weighted by atomic mass is 10.4. The molecule has 0 atom stereocenters. The summed E-state index contributed by atoms with van der Waals surface area (Å²) in [5, 5.41) is 8.28. The molecule has 0 fully saturated rings. The normalized spacial score (nSPS) is 11.7. The van der Waals surface area contributed by atoms with Crippen LogP contribution in [0.3, 0.4) is 0 Å². The van der Waals surface area contributed by atoms with Gasteiger partial charge in [-0.25, -0.2) is 10.5 Å². The number of aliphatic imine (C=N–C) groups is 1. The van der Waals surface area contributed by atoms with Crippen molar-refractivity contribution < 1.29 is 9.62 Å². The summed E-state index contributed by atoms with van der Waals surface area (Å²) in [6.07, 6.45) is 0. The quantitative estimate of drug-likeness (QED) is 0.339. The van der Waals surface area contributed by atoms with Crippen LogP contribution in [0.25, 0.3) is 0 Å². The molecule has 0 bridgehead atoms. The second kappa shape index (κ2) is 3.77. The molecule has 0 spiro atoms. The first kappa shape index (κ1) is 8.61. The first-order valence-corrected chi connectivity index (χ1v) is 3.47. The highest BCUT2D eigenvalue weighted by Crippen LogP contribution is 2.06. The van der Waals surface area contributed by atoms with Crippen molar-refractivity contribution in [2.24, 2.45) is 10.7 Å². The van der Waals surface area contributed by atoms with Crippen LogP contribution in [0.5, 0.6) is 0 Å². The van der Waals surface area contributed by atoms with E-state index >= 15 is 0 Å². The van der Waals surface area contributed by atoms with E-state index in [1.807, 2.05) is 19.1 Å². The Balaban J connectivity index is 2.53. The minimum absolute atomic E-state index is 0.0240. The van der Waals surface area contributed by atoms with Gasteiger partial charge in [0.2, 0.25) is 5.96 Å². The molecule has 0 aliphatic carbocycles. The van der Waals surface area contributed by atoms with Crippen LogP contribution in [0, 0.1) is 6.92 Å². The van der Waals surface area contributed by atoms with E-state index in [0.29, 0.717) is 12.3 Å². The number of nitrogens with one attached hydrogen (secondary N) is 1. The minimum Gasteiger partial charge on any atom is -0.464 e. The zero-order valence-corrected chi connectivity index (χ0v) is 6.74. The molecule has 0 saturated heterocycles. The van der Waals surface area contributed by atoms with Gasteiger partial charge >= 0.3 is 0 Å². The molecule has 5 nitrogen and oxygen atoms in total. The molecule has 0 saturated carbocycles. The Hall–Kier alpha value is -1.49. The highest BCUT2D eigenvalue weighted by Gasteiger charge is 1.96. The van der Waals surface area contributed by atoms with Crippen LogP contribution in [0.1, 0.15) is 11.5 Å². The lowest BCUT2D eigenvalue weighted by Gasteiger charge is -1.94. The van der Waals surface area contributed by atoms with Crippen molar-refractivity contribution in [2.75, 3.05) is 0 Å². The molecule has 0 aliphatic heterocycles. The van der Waals surface area contributed by atoms with E-state index < -0.39 is 0 Å². The second-order valence-corrected chi connectivity index (χ2v) is 2.33. The summed E-state index contributed by atoms with van der Waals surface area (Å²) in [6, 6.07) is 3.65. The Bertz CT molecular complexity index is 280. The fourth-order valence-electron chi connectivity index (χ4n) is 0.769. The Morgan fingerprint density at radius 1 is 1.75 bits per heavy atom. The summed E-state index contributed by atoms with van der Waals surface area (Å²) >= 11 is 0. The first-order valence-electron chi connectivity index (χ1n) is 3.47. The smallest absolute Gasteiger partial charge is 0.213 e. The fourth-order valence-corrected chi connectivity index (χ4v) is 0.769. The van der Waals surface area contributed by atoms with Crippen LogP contribution in [-0.2, 0) is 6.54 Å². The van der Waals surface area contributed by atoms with Gasteiger partial charge in [0.15, 0.2) is 0 Å². The monoisotopic (exact) mass is 169 g/mol. The summed E-state index contributed by atoms with van der Waals surface area (Å²) in [5.74, 6) is 1.52. The van der Waals surface area contributed by atoms with Crippen LogP contribution in [0.2, 0.25) is 0 Å². The molecule has 1 rings (SSSR count). The summed E-state index contributed by atoms with van der Waals surface area (Å²) < 4.78 is 5.21. The fraction of sp³-hybridized carbons (Fsp3) is 0.286. The molecule has 12 heavy (non-hydrogen) atoms. The molecule has 1 heterocycles. The van der Waals surface area contributed by atoms with Crippen molar-refractivity contribution in [1.29, 1.82) is 0 Å². The van der Waals surface area contributed by atoms with Crippen molar-refractivity contribution in [3.8, 4) is 0 Å². The van der Waals surface area contributed by atoms with Crippen LogP contribution < -0.4 is 11.2 Å². The van der Waals surface area contributed by atoms with Crippen LogP contribution >= 0.6 is 0 Å². The average Bonchev–Trinajstić information content (AvgIpc) is 2.47. The lowest BCUT2D eigenvalue weighted by Crippen LogP contribution is -2.28. The number of hydroxylamine groups is 1. The van der Waals surface area contributed by atoms with Crippen molar-refractivity contribution in [3.63, 3.8) is 0 Å². The van der Waals surface area contributed by atoms with Gasteiger partial charge in [-0.3, -0.25) is 5.21 Å². The summed E-state index contributed by atoms with van der Waals surface area (Å²) in [7, 11) is 0. The predicted molar refractivity (Wildman–Crippen MR) is 43.7 cm³/mol. The Labute approximate surface area is 69.9 Å². The van der Waals surface area contributed by atoms with Crippen molar-refractivity contribution in [3.05, 3.63) is 23.7 Å². The third-order valence-corrected chi connectivity index (χ3v) is 1.32. The lowest BCUT2D eigenvalue weighted by molar-refractivity contribution is 0.232. The molecule has 1 aromatic heterocycles. The second-order valence-electron chi connectivity index (χ2n) is 2.33. The molecule has 1 aromatic rings. The van der Waals surface area contributed by atoms with Crippen LogP contribution in [0.4, 0.5) is 0 Å². The van der Waals surface area contributed by atoms with Gasteiger partial charge < -0.3 is 10.2 Å². The Morgan fingerprint density at radius 3 is 3.00 bits per heavy atom. The van der Waals surface area contributed by atoms with Gasteiger partial charge in [0.05, 0.1) is 0 Å². The van der Waals surface area contributed by atoms with Gasteiger partial charge in [-0.05, 0) is 19.1 Å². The third-order valence-electron chi connectivity index (χ3n) is 1.32. The Kier molecular flexibility index (Phi) is 2.71. The van der Waals surface area contributed by atoms with E-state index in [0.717, 1.165) is 5.76 Å². The third kappa shape index (κ3) is 2.28. The van der Waals surface area contributed by atoms with E-state index in [4.69, 9.17) is 15.4 Å². The number of hydrogen-bond acceptors (Lipinski definition) is 3. The molecular formula is C7H11N3O2.